The van der Waals surface area contributed by atoms with E-state index in [1.807, 2.05) is 13.8 Å². The van der Waals surface area contributed by atoms with Gasteiger partial charge in [0.1, 0.15) is 12.4 Å². The van der Waals surface area contributed by atoms with Crippen LogP contribution in [-0.2, 0) is 4.79 Å². The average Bonchev–Trinajstić information content (AvgIpc) is 2.40. The van der Waals surface area contributed by atoms with Gasteiger partial charge in [-0.05, 0) is 31.0 Å². The van der Waals surface area contributed by atoms with Crippen LogP contribution in [0, 0.1) is 23.6 Å². The first kappa shape index (κ1) is 15.2. The van der Waals surface area contributed by atoms with Gasteiger partial charge in [0.15, 0.2) is 0 Å². The molecule has 0 aliphatic rings. The van der Waals surface area contributed by atoms with Crippen molar-refractivity contribution in [3.05, 3.63) is 29.6 Å². The minimum atomic E-state index is -0.471. The number of carbonyl (C=O) groups excluding carboxylic acids is 1. The minimum absolute atomic E-state index is 0.0444. The Balaban J connectivity index is 2.88. The van der Waals surface area contributed by atoms with E-state index in [9.17, 15) is 9.18 Å². The molecule has 0 saturated carbocycles. The van der Waals surface area contributed by atoms with Gasteiger partial charge < -0.3 is 10.4 Å². The maximum Gasteiger partial charge on any atom is 0.227 e. The Hall–Kier alpha value is -1.86. The summed E-state index contributed by atoms with van der Waals surface area (Å²) in [6.07, 6.45) is 1.53. The number of carbonyl (C=O) groups is 1. The largest absolute Gasteiger partial charge is 0.384 e. The summed E-state index contributed by atoms with van der Waals surface area (Å²) in [5, 5.41) is 11.4. The highest BCUT2D eigenvalue weighted by Crippen LogP contribution is 2.16. The lowest BCUT2D eigenvalue weighted by atomic mass is 10.0. The van der Waals surface area contributed by atoms with E-state index in [1.165, 1.54) is 18.2 Å². The zero-order valence-corrected chi connectivity index (χ0v) is 11.2. The van der Waals surface area contributed by atoms with Gasteiger partial charge in [0.25, 0.3) is 0 Å². The van der Waals surface area contributed by atoms with Crippen molar-refractivity contribution in [2.45, 2.75) is 26.7 Å². The molecule has 0 saturated heterocycles. The van der Waals surface area contributed by atoms with Gasteiger partial charge in [-0.3, -0.25) is 4.79 Å². The Morgan fingerprint density at radius 1 is 1.42 bits per heavy atom. The first-order valence-corrected chi connectivity index (χ1v) is 6.32. The first-order valence-electron chi connectivity index (χ1n) is 6.32. The Labute approximate surface area is 112 Å². The van der Waals surface area contributed by atoms with Crippen molar-refractivity contribution in [2.24, 2.45) is 5.92 Å². The number of aliphatic hydroxyl groups excluding tert-OH is 1. The fraction of sp³-hybridized carbons (Fsp3) is 0.400. The number of rotatable bonds is 4. The summed E-state index contributed by atoms with van der Waals surface area (Å²) in [7, 11) is 0. The molecular weight excluding hydrogens is 245 g/mol. The molecule has 3 nitrogen and oxygen atoms in total. The summed E-state index contributed by atoms with van der Waals surface area (Å²) in [6, 6.07) is 4.22. The van der Waals surface area contributed by atoms with Crippen LogP contribution in [0.25, 0.3) is 0 Å². The number of amides is 1. The molecule has 1 rings (SSSR count). The van der Waals surface area contributed by atoms with E-state index in [2.05, 4.69) is 17.2 Å². The van der Waals surface area contributed by atoms with E-state index < -0.39 is 5.82 Å². The highest BCUT2D eigenvalue weighted by molar-refractivity contribution is 5.92. The zero-order valence-electron chi connectivity index (χ0n) is 11.2. The fourth-order valence-electron chi connectivity index (χ4n) is 1.74. The topological polar surface area (TPSA) is 49.3 Å². The number of hydrogen-bond acceptors (Lipinski definition) is 2. The Morgan fingerprint density at radius 3 is 2.68 bits per heavy atom. The lowest BCUT2D eigenvalue weighted by molar-refractivity contribution is -0.120. The van der Waals surface area contributed by atoms with Crippen LogP contribution in [0.4, 0.5) is 10.1 Å². The second-order valence-corrected chi connectivity index (χ2v) is 4.16. The summed E-state index contributed by atoms with van der Waals surface area (Å²) in [4.78, 5) is 11.9. The van der Waals surface area contributed by atoms with Crippen molar-refractivity contribution >= 4 is 11.6 Å². The fourth-order valence-corrected chi connectivity index (χ4v) is 1.74. The summed E-state index contributed by atoms with van der Waals surface area (Å²) >= 11 is 0. The Bertz CT molecular complexity index is 499. The van der Waals surface area contributed by atoms with Gasteiger partial charge in [-0.25, -0.2) is 4.39 Å². The molecule has 102 valence electrons. The highest BCUT2D eigenvalue weighted by atomic mass is 19.1. The van der Waals surface area contributed by atoms with Crippen LogP contribution >= 0.6 is 0 Å². The van der Waals surface area contributed by atoms with Crippen LogP contribution in [0.2, 0.25) is 0 Å². The maximum atomic E-state index is 13.4. The number of nitrogens with one attached hydrogen (secondary N) is 1. The number of halogens is 1. The quantitative estimate of drug-likeness (QED) is 0.820. The molecule has 0 bridgehead atoms. The molecule has 0 atom stereocenters. The van der Waals surface area contributed by atoms with Crippen molar-refractivity contribution in [1.29, 1.82) is 0 Å². The second-order valence-electron chi connectivity index (χ2n) is 4.16. The van der Waals surface area contributed by atoms with E-state index in [0.717, 1.165) is 12.8 Å². The van der Waals surface area contributed by atoms with Crippen molar-refractivity contribution < 1.29 is 14.3 Å². The third-order valence-corrected chi connectivity index (χ3v) is 2.89. The molecule has 1 aromatic carbocycles. The first-order chi connectivity index (χ1) is 9.12. The number of anilines is 1. The van der Waals surface area contributed by atoms with Gasteiger partial charge in [0.05, 0.1) is 5.56 Å². The van der Waals surface area contributed by atoms with Crippen LogP contribution in [0.1, 0.15) is 32.3 Å². The van der Waals surface area contributed by atoms with Crippen molar-refractivity contribution in [3.63, 3.8) is 0 Å². The van der Waals surface area contributed by atoms with Crippen LogP contribution in [0.3, 0.4) is 0 Å². The zero-order chi connectivity index (χ0) is 14.3. The lowest BCUT2D eigenvalue weighted by Gasteiger charge is -2.13. The summed E-state index contributed by atoms with van der Waals surface area (Å²) in [5.41, 5.74) is 0.678. The second kappa shape index (κ2) is 7.55. The summed E-state index contributed by atoms with van der Waals surface area (Å²) < 4.78 is 13.4. The molecule has 4 heteroatoms. The molecule has 2 N–H and O–H groups in total. The third-order valence-electron chi connectivity index (χ3n) is 2.89. The van der Waals surface area contributed by atoms with Gasteiger partial charge in [0, 0.05) is 11.6 Å². The highest BCUT2D eigenvalue weighted by Gasteiger charge is 2.14. The predicted octanol–water partition coefficient (Wildman–Crippen LogP) is 2.54. The normalized spacial score (nSPS) is 9.95. The van der Waals surface area contributed by atoms with Gasteiger partial charge in [-0.1, -0.05) is 25.7 Å². The van der Waals surface area contributed by atoms with Gasteiger partial charge in [-0.15, -0.1) is 0 Å². The van der Waals surface area contributed by atoms with E-state index in [4.69, 9.17) is 5.11 Å². The van der Waals surface area contributed by atoms with Crippen LogP contribution < -0.4 is 5.32 Å². The molecule has 0 unspecified atom stereocenters. The van der Waals surface area contributed by atoms with Crippen molar-refractivity contribution in [1.82, 2.24) is 0 Å². The van der Waals surface area contributed by atoms with Crippen molar-refractivity contribution in [3.8, 4) is 11.8 Å². The molecule has 0 aromatic heterocycles. The third kappa shape index (κ3) is 4.38. The minimum Gasteiger partial charge on any atom is -0.384 e. The van der Waals surface area contributed by atoms with E-state index >= 15 is 0 Å². The van der Waals surface area contributed by atoms with E-state index in [1.54, 1.807) is 0 Å². The standard InChI is InChI=1S/C15H18FNO2/c1-3-11(4-2)15(19)17-13-7-8-14(16)12(10-13)6-5-9-18/h7-8,10-11,18H,3-4,9H2,1-2H3,(H,17,19). The number of benzene rings is 1. The monoisotopic (exact) mass is 263 g/mol. The molecule has 0 aliphatic carbocycles. The molecule has 0 fully saturated rings. The molecule has 0 spiro atoms. The van der Waals surface area contributed by atoms with Crippen LogP contribution in [-0.4, -0.2) is 17.6 Å². The van der Waals surface area contributed by atoms with Crippen molar-refractivity contribution in [2.75, 3.05) is 11.9 Å². The maximum absolute atomic E-state index is 13.4. The lowest BCUT2D eigenvalue weighted by Crippen LogP contribution is -2.21. The molecule has 0 heterocycles. The van der Waals surface area contributed by atoms with Crippen LogP contribution in [0.5, 0.6) is 0 Å². The van der Waals surface area contributed by atoms with Gasteiger partial charge >= 0.3 is 0 Å². The van der Waals surface area contributed by atoms with Gasteiger partial charge in [0.2, 0.25) is 5.91 Å². The molecular formula is C15H18FNO2. The molecule has 1 aromatic rings. The summed E-state index contributed by atoms with van der Waals surface area (Å²) in [5.74, 6) is 4.30. The van der Waals surface area contributed by atoms with E-state index in [-0.39, 0.29) is 24.0 Å². The number of aliphatic hydroxyl groups is 1. The molecule has 0 aliphatic heterocycles. The van der Waals surface area contributed by atoms with Gasteiger partial charge in [-0.2, -0.15) is 0 Å². The number of hydrogen-bond donors (Lipinski definition) is 2. The Morgan fingerprint density at radius 2 is 2.11 bits per heavy atom. The summed E-state index contributed by atoms with van der Waals surface area (Å²) in [6.45, 7) is 3.58. The smallest absolute Gasteiger partial charge is 0.227 e. The SMILES string of the molecule is CCC(CC)C(=O)Nc1ccc(F)c(C#CCO)c1. The Kier molecular flexibility index (Phi) is 6.04. The predicted molar refractivity (Wildman–Crippen MR) is 73.1 cm³/mol. The molecule has 1 amide bonds. The average molecular weight is 263 g/mol. The molecule has 0 radical (unpaired) electrons. The molecule has 19 heavy (non-hydrogen) atoms. The van der Waals surface area contributed by atoms with E-state index in [0.29, 0.717) is 5.69 Å². The van der Waals surface area contributed by atoms with Crippen LogP contribution in [0.15, 0.2) is 18.2 Å².